The Kier molecular flexibility index (Phi) is 4.59. The number of benzene rings is 2. The third kappa shape index (κ3) is 3.21. The first-order valence-corrected chi connectivity index (χ1v) is 8.33. The Bertz CT molecular complexity index is 731. The van der Waals surface area contributed by atoms with Crippen LogP contribution in [0.2, 0.25) is 0 Å². The van der Waals surface area contributed by atoms with Crippen LogP contribution in [0, 0.1) is 0 Å². The molecule has 23 heavy (non-hydrogen) atoms. The van der Waals surface area contributed by atoms with Crippen LogP contribution in [0.5, 0.6) is 5.75 Å². The topological polar surface area (TPSA) is 32.8 Å². The molecule has 0 N–H and O–H groups in total. The number of hydrogen-bond donors (Lipinski definition) is 0. The van der Waals surface area contributed by atoms with Gasteiger partial charge in [0.2, 0.25) is 0 Å². The molecule has 0 atom stereocenters. The standard InChI is InChI=1S/C18H20N2O2S/c1-19(2)10-11-20-15-12-13(22-3)8-9-17(15)23-16-7-5-4-6-14(16)18(20)21/h4-9,12H,10-11H2,1-3H3. The predicted octanol–water partition coefficient (Wildman–Crippen LogP) is 3.37. The Labute approximate surface area is 141 Å². The third-order valence-corrected chi connectivity index (χ3v) is 4.95. The maximum Gasteiger partial charge on any atom is 0.259 e. The summed E-state index contributed by atoms with van der Waals surface area (Å²) in [6.07, 6.45) is 0. The normalized spacial score (nSPS) is 13.6. The monoisotopic (exact) mass is 328 g/mol. The average Bonchev–Trinajstić information content (AvgIpc) is 2.67. The van der Waals surface area contributed by atoms with E-state index in [0.717, 1.165) is 33.3 Å². The van der Waals surface area contributed by atoms with Crippen LogP contribution < -0.4 is 9.64 Å². The first-order valence-electron chi connectivity index (χ1n) is 7.51. The molecule has 120 valence electrons. The molecular formula is C18H20N2O2S. The summed E-state index contributed by atoms with van der Waals surface area (Å²) in [5.41, 5.74) is 1.67. The van der Waals surface area contributed by atoms with E-state index in [-0.39, 0.29) is 5.91 Å². The van der Waals surface area contributed by atoms with Crippen molar-refractivity contribution in [3.63, 3.8) is 0 Å². The van der Waals surface area contributed by atoms with Crippen LogP contribution in [0.1, 0.15) is 10.4 Å². The Morgan fingerprint density at radius 2 is 1.91 bits per heavy atom. The number of hydrogen-bond acceptors (Lipinski definition) is 4. The lowest BCUT2D eigenvalue weighted by Crippen LogP contribution is -2.36. The van der Waals surface area contributed by atoms with Gasteiger partial charge >= 0.3 is 0 Å². The molecule has 2 aromatic carbocycles. The third-order valence-electron chi connectivity index (χ3n) is 3.81. The van der Waals surface area contributed by atoms with Crippen molar-refractivity contribution in [3.05, 3.63) is 48.0 Å². The highest BCUT2D eigenvalue weighted by atomic mass is 32.2. The Balaban J connectivity index is 2.10. The van der Waals surface area contributed by atoms with Gasteiger partial charge in [0, 0.05) is 28.9 Å². The lowest BCUT2D eigenvalue weighted by Gasteiger charge is -2.25. The van der Waals surface area contributed by atoms with Crippen LogP contribution in [-0.2, 0) is 0 Å². The summed E-state index contributed by atoms with van der Waals surface area (Å²) < 4.78 is 5.35. The van der Waals surface area contributed by atoms with Gasteiger partial charge in [0.15, 0.2) is 0 Å². The SMILES string of the molecule is COc1ccc2c(c1)N(CCN(C)C)C(=O)c1ccccc1S2. The molecule has 0 aromatic heterocycles. The molecule has 0 unspecified atom stereocenters. The Morgan fingerprint density at radius 3 is 2.65 bits per heavy atom. The molecule has 4 nitrogen and oxygen atoms in total. The van der Waals surface area contributed by atoms with E-state index in [9.17, 15) is 4.79 Å². The summed E-state index contributed by atoms with van der Waals surface area (Å²) >= 11 is 1.63. The first kappa shape index (κ1) is 15.9. The highest BCUT2D eigenvalue weighted by Gasteiger charge is 2.27. The minimum atomic E-state index is 0.0435. The van der Waals surface area contributed by atoms with E-state index in [1.54, 1.807) is 18.9 Å². The van der Waals surface area contributed by atoms with Gasteiger partial charge in [-0.1, -0.05) is 23.9 Å². The fraction of sp³-hybridized carbons (Fsp3) is 0.278. The number of anilines is 1. The molecular weight excluding hydrogens is 308 g/mol. The largest absolute Gasteiger partial charge is 0.497 e. The minimum absolute atomic E-state index is 0.0435. The van der Waals surface area contributed by atoms with E-state index < -0.39 is 0 Å². The fourth-order valence-corrected chi connectivity index (χ4v) is 3.61. The maximum absolute atomic E-state index is 13.1. The predicted molar refractivity (Wildman–Crippen MR) is 93.8 cm³/mol. The summed E-state index contributed by atoms with van der Waals surface area (Å²) in [6, 6.07) is 13.7. The zero-order valence-electron chi connectivity index (χ0n) is 13.6. The summed E-state index contributed by atoms with van der Waals surface area (Å²) in [5.74, 6) is 0.805. The number of rotatable bonds is 4. The van der Waals surface area contributed by atoms with Gasteiger partial charge in [-0.25, -0.2) is 0 Å². The van der Waals surface area contributed by atoms with Gasteiger partial charge in [0.1, 0.15) is 5.75 Å². The number of methoxy groups -OCH3 is 1. The number of carbonyl (C=O) groups excluding carboxylic acids is 1. The van der Waals surface area contributed by atoms with Crippen LogP contribution in [0.15, 0.2) is 52.3 Å². The van der Waals surface area contributed by atoms with Crippen molar-refractivity contribution in [2.24, 2.45) is 0 Å². The molecule has 5 heteroatoms. The molecule has 0 radical (unpaired) electrons. The van der Waals surface area contributed by atoms with Gasteiger partial charge in [0.05, 0.1) is 18.4 Å². The molecule has 1 aliphatic rings. The molecule has 1 amide bonds. The number of fused-ring (bicyclic) bond motifs is 2. The second-order valence-electron chi connectivity index (χ2n) is 5.69. The fourth-order valence-electron chi connectivity index (χ4n) is 2.55. The highest BCUT2D eigenvalue weighted by Crippen LogP contribution is 2.42. The summed E-state index contributed by atoms with van der Waals surface area (Å²) in [6.45, 7) is 1.44. The molecule has 0 spiro atoms. The molecule has 1 aliphatic heterocycles. The molecule has 2 aromatic rings. The molecule has 0 aliphatic carbocycles. The van der Waals surface area contributed by atoms with Crippen LogP contribution in [-0.4, -0.2) is 45.1 Å². The van der Waals surface area contributed by atoms with Gasteiger partial charge in [-0.3, -0.25) is 4.79 Å². The minimum Gasteiger partial charge on any atom is -0.497 e. The van der Waals surface area contributed by atoms with Crippen LogP contribution in [0.4, 0.5) is 5.69 Å². The summed E-state index contributed by atoms with van der Waals surface area (Å²) in [5, 5.41) is 0. The smallest absolute Gasteiger partial charge is 0.259 e. The lowest BCUT2D eigenvalue weighted by molar-refractivity contribution is 0.0982. The molecule has 0 bridgehead atoms. The van der Waals surface area contributed by atoms with Crippen LogP contribution in [0.25, 0.3) is 0 Å². The quantitative estimate of drug-likeness (QED) is 0.861. The van der Waals surface area contributed by atoms with Gasteiger partial charge in [-0.2, -0.15) is 0 Å². The van der Waals surface area contributed by atoms with E-state index in [1.807, 2.05) is 61.5 Å². The van der Waals surface area contributed by atoms with Gasteiger partial charge in [0.25, 0.3) is 5.91 Å². The van der Waals surface area contributed by atoms with Crippen molar-refractivity contribution in [2.75, 3.05) is 39.2 Å². The Morgan fingerprint density at radius 1 is 1.13 bits per heavy atom. The van der Waals surface area contributed by atoms with Crippen molar-refractivity contribution >= 4 is 23.4 Å². The number of nitrogens with zero attached hydrogens (tertiary/aromatic N) is 2. The highest BCUT2D eigenvalue weighted by molar-refractivity contribution is 7.99. The summed E-state index contributed by atoms with van der Waals surface area (Å²) in [7, 11) is 5.67. The molecule has 0 fully saturated rings. The van der Waals surface area contributed by atoms with Crippen molar-refractivity contribution in [2.45, 2.75) is 9.79 Å². The lowest BCUT2D eigenvalue weighted by atomic mass is 10.1. The van der Waals surface area contributed by atoms with Gasteiger partial charge in [-0.05, 0) is 38.4 Å². The molecule has 0 saturated heterocycles. The molecule has 1 heterocycles. The maximum atomic E-state index is 13.1. The average molecular weight is 328 g/mol. The number of carbonyl (C=O) groups is 1. The second-order valence-corrected chi connectivity index (χ2v) is 6.78. The zero-order valence-corrected chi connectivity index (χ0v) is 14.4. The zero-order chi connectivity index (χ0) is 16.4. The van der Waals surface area contributed by atoms with Gasteiger partial charge < -0.3 is 14.5 Å². The summed E-state index contributed by atoms with van der Waals surface area (Å²) in [4.78, 5) is 19.1. The first-order chi connectivity index (χ1) is 11.1. The number of ether oxygens (including phenoxy) is 1. The van der Waals surface area contributed by atoms with E-state index in [0.29, 0.717) is 6.54 Å². The van der Waals surface area contributed by atoms with Crippen molar-refractivity contribution in [1.82, 2.24) is 4.90 Å². The van der Waals surface area contributed by atoms with Crippen LogP contribution in [0.3, 0.4) is 0 Å². The second kappa shape index (κ2) is 6.64. The van der Waals surface area contributed by atoms with E-state index >= 15 is 0 Å². The van der Waals surface area contributed by atoms with E-state index in [1.165, 1.54) is 0 Å². The van der Waals surface area contributed by atoms with Crippen molar-refractivity contribution in [3.8, 4) is 5.75 Å². The number of amides is 1. The van der Waals surface area contributed by atoms with E-state index in [4.69, 9.17) is 4.74 Å². The van der Waals surface area contributed by atoms with E-state index in [2.05, 4.69) is 4.90 Å². The van der Waals surface area contributed by atoms with Crippen LogP contribution >= 0.6 is 11.8 Å². The van der Waals surface area contributed by atoms with Crippen molar-refractivity contribution in [1.29, 1.82) is 0 Å². The van der Waals surface area contributed by atoms with Crippen molar-refractivity contribution < 1.29 is 9.53 Å². The number of likely N-dealkylation sites (N-methyl/N-ethyl adjacent to an activating group) is 1. The van der Waals surface area contributed by atoms with Gasteiger partial charge in [-0.15, -0.1) is 0 Å². The molecule has 3 rings (SSSR count). The molecule has 0 saturated carbocycles. The Hall–Kier alpha value is -1.98.